The van der Waals surface area contributed by atoms with Crippen LogP contribution in [0, 0.1) is 11.2 Å². The monoisotopic (exact) mass is 560 g/mol. The lowest BCUT2D eigenvalue weighted by atomic mass is 9.91. The van der Waals surface area contributed by atoms with E-state index in [4.69, 9.17) is 22.0 Å². The highest BCUT2D eigenvalue weighted by Gasteiger charge is 2.44. The number of sulfonamides is 1. The Labute approximate surface area is 223 Å². The van der Waals surface area contributed by atoms with E-state index in [9.17, 15) is 12.8 Å². The number of allylic oxidation sites excluding steroid dienone is 1. The summed E-state index contributed by atoms with van der Waals surface area (Å²) in [6, 6.07) is 3.58. The summed E-state index contributed by atoms with van der Waals surface area (Å²) in [7, 11) is -3.41. The summed E-state index contributed by atoms with van der Waals surface area (Å²) >= 11 is 7.94. The molecule has 2 atom stereocenters. The number of halogens is 2. The first-order valence-corrected chi connectivity index (χ1v) is 15.1. The van der Waals surface area contributed by atoms with Gasteiger partial charge in [-0.3, -0.25) is 4.99 Å². The lowest BCUT2D eigenvalue weighted by molar-refractivity contribution is 0.513. The molecular formula is C25H26ClFN6O2S2. The molecular weight excluding hydrogens is 535 g/mol. The summed E-state index contributed by atoms with van der Waals surface area (Å²) in [4.78, 5) is 11.5. The van der Waals surface area contributed by atoms with Gasteiger partial charge in [-0.25, -0.2) is 22.5 Å². The summed E-state index contributed by atoms with van der Waals surface area (Å²) in [5.74, 6) is 0.142. The molecule has 1 aromatic carbocycles. The molecule has 0 radical (unpaired) electrons. The molecule has 2 saturated carbocycles. The number of aromatic nitrogens is 1. The van der Waals surface area contributed by atoms with E-state index in [0.29, 0.717) is 53.8 Å². The van der Waals surface area contributed by atoms with Crippen molar-refractivity contribution in [3.8, 4) is 0 Å². The van der Waals surface area contributed by atoms with Gasteiger partial charge >= 0.3 is 0 Å². The van der Waals surface area contributed by atoms with E-state index in [1.165, 1.54) is 23.5 Å². The van der Waals surface area contributed by atoms with Crippen molar-refractivity contribution in [1.82, 2.24) is 19.9 Å². The largest absolute Gasteiger partial charge is 0.388 e. The van der Waals surface area contributed by atoms with E-state index in [2.05, 4.69) is 15.0 Å². The number of hydrogen-bond donors (Lipinski definition) is 3. The summed E-state index contributed by atoms with van der Waals surface area (Å²) in [6.45, 7) is 0.379. The SMILES string of the molecule is N=C(/C=C\NC1CC1)C1=C2C[C@H](NS(=O)(=O)C3CC3)CN2C(c2nccs2)=N[C@H]1c1ccc(F)cc1Cl. The molecule has 37 heavy (non-hydrogen) atoms. The average molecular weight is 561 g/mol. The van der Waals surface area contributed by atoms with Gasteiger partial charge in [0.2, 0.25) is 10.0 Å². The molecule has 1 saturated heterocycles. The van der Waals surface area contributed by atoms with Crippen LogP contribution in [0.15, 0.2) is 58.3 Å². The Bertz CT molecular complexity index is 1430. The van der Waals surface area contributed by atoms with Gasteiger partial charge in [0.25, 0.3) is 0 Å². The second-order valence-corrected chi connectivity index (χ2v) is 13.1. The highest BCUT2D eigenvalue weighted by Crippen LogP contribution is 2.43. The summed E-state index contributed by atoms with van der Waals surface area (Å²) in [5, 5.41) is 14.7. The predicted octanol–water partition coefficient (Wildman–Crippen LogP) is 4.13. The molecule has 194 valence electrons. The van der Waals surface area contributed by atoms with Gasteiger partial charge in [0.15, 0.2) is 10.8 Å². The number of thiazole rings is 1. The lowest BCUT2D eigenvalue weighted by Gasteiger charge is -2.32. The first kappa shape index (κ1) is 24.7. The third kappa shape index (κ3) is 5.09. The smallest absolute Gasteiger partial charge is 0.214 e. The van der Waals surface area contributed by atoms with Crippen molar-refractivity contribution in [2.45, 2.75) is 55.5 Å². The highest BCUT2D eigenvalue weighted by atomic mass is 35.5. The Morgan fingerprint density at radius 1 is 1.24 bits per heavy atom. The van der Waals surface area contributed by atoms with E-state index in [1.54, 1.807) is 24.5 Å². The topological polar surface area (TPSA) is 111 Å². The summed E-state index contributed by atoms with van der Waals surface area (Å²) < 4.78 is 42.3. The van der Waals surface area contributed by atoms with E-state index in [-0.39, 0.29) is 22.0 Å². The van der Waals surface area contributed by atoms with Crippen molar-refractivity contribution < 1.29 is 12.8 Å². The van der Waals surface area contributed by atoms with Crippen LogP contribution in [0.4, 0.5) is 4.39 Å². The molecule has 0 amide bonds. The molecule has 8 nitrogen and oxygen atoms in total. The van der Waals surface area contributed by atoms with E-state index in [0.717, 1.165) is 18.5 Å². The second kappa shape index (κ2) is 9.61. The maximum Gasteiger partial charge on any atom is 0.214 e. The van der Waals surface area contributed by atoms with Gasteiger partial charge in [0.05, 0.1) is 11.0 Å². The van der Waals surface area contributed by atoms with Crippen molar-refractivity contribution in [2.75, 3.05) is 6.54 Å². The van der Waals surface area contributed by atoms with Gasteiger partial charge in [0, 0.05) is 58.5 Å². The number of aliphatic imine (C=N–C) groups is 1. The van der Waals surface area contributed by atoms with Gasteiger partial charge in [-0.1, -0.05) is 17.7 Å². The van der Waals surface area contributed by atoms with Crippen LogP contribution in [0.5, 0.6) is 0 Å². The standard InChI is InChI=1S/C25H26ClFN6O2S2/c26-19-11-14(27)1-6-18(19)23-22(20(28)7-8-29-15-2-3-15)21-12-16(32-37(34,35)17-4-5-17)13-33(21)24(31-23)25-30-9-10-36-25/h1,6-11,15-17,23,28-29,32H,2-5,12-13H2/b8-7-,28-20?/t16-,23-/m0/s1. The minimum absolute atomic E-state index is 0.218. The Morgan fingerprint density at radius 3 is 2.73 bits per heavy atom. The lowest BCUT2D eigenvalue weighted by Crippen LogP contribution is -2.40. The van der Waals surface area contributed by atoms with Crippen LogP contribution in [0.1, 0.15) is 48.7 Å². The van der Waals surface area contributed by atoms with Gasteiger partial charge in [-0.05, 0) is 50.1 Å². The van der Waals surface area contributed by atoms with Crippen LogP contribution in [0.3, 0.4) is 0 Å². The Balaban J connectivity index is 1.44. The van der Waals surface area contributed by atoms with Crippen LogP contribution < -0.4 is 10.0 Å². The first-order valence-electron chi connectivity index (χ1n) is 12.3. The average Bonchev–Trinajstić information content (AvgIpc) is 3.77. The Hall–Kier alpha value is -2.60. The van der Waals surface area contributed by atoms with E-state index >= 15 is 0 Å². The highest BCUT2D eigenvalue weighted by molar-refractivity contribution is 7.90. The van der Waals surface area contributed by atoms with Gasteiger partial charge in [-0.15, -0.1) is 11.3 Å². The molecule has 3 heterocycles. The fourth-order valence-electron chi connectivity index (χ4n) is 4.77. The molecule has 2 aromatic rings. The number of rotatable bonds is 9. The first-order chi connectivity index (χ1) is 17.8. The molecule has 3 N–H and O–H groups in total. The van der Waals surface area contributed by atoms with E-state index < -0.39 is 21.9 Å². The molecule has 4 aliphatic rings. The normalized spacial score (nSPS) is 23.9. The van der Waals surface area contributed by atoms with Crippen molar-refractivity contribution in [1.29, 1.82) is 5.41 Å². The number of hydrogen-bond acceptors (Lipinski definition) is 8. The van der Waals surface area contributed by atoms with Crippen molar-refractivity contribution in [3.63, 3.8) is 0 Å². The minimum atomic E-state index is -3.41. The van der Waals surface area contributed by atoms with E-state index in [1.807, 2.05) is 10.3 Å². The van der Waals surface area contributed by atoms with Crippen molar-refractivity contribution >= 4 is 44.5 Å². The van der Waals surface area contributed by atoms with Crippen LogP contribution in [0.25, 0.3) is 0 Å². The summed E-state index contributed by atoms with van der Waals surface area (Å²) in [6.07, 6.45) is 9.15. The third-order valence-electron chi connectivity index (χ3n) is 6.88. The zero-order valence-electron chi connectivity index (χ0n) is 19.8. The maximum atomic E-state index is 13.9. The zero-order valence-corrected chi connectivity index (χ0v) is 22.2. The molecule has 2 aliphatic carbocycles. The number of nitrogens with one attached hydrogen (secondary N) is 3. The summed E-state index contributed by atoms with van der Waals surface area (Å²) in [5.41, 5.74) is 2.24. The molecule has 0 bridgehead atoms. The second-order valence-electron chi connectivity index (χ2n) is 9.78. The van der Waals surface area contributed by atoms with Crippen LogP contribution in [-0.4, -0.2) is 53.7 Å². The van der Waals surface area contributed by atoms with Crippen LogP contribution >= 0.6 is 22.9 Å². The van der Waals surface area contributed by atoms with Crippen LogP contribution in [0.2, 0.25) is 5.02 Å². The fourth-order valence-corrected chi connectivity index (χ4v) is 7.25. The Kier molecular flexibility index (Phi) is 6.42. The molecule has 2 aliphatic heterocycles. The van der Waals surface area contributed by atoms with Crippen molar-refractivity contribution in [3.05, 3.63) is 74.7 Å². The number of benzene rings is 1. The fraction of sp³-hybridized carbons (Fsp3) is 0.400. The molecule has 12 heteroatoms. The number of nitrogens with zero attached hydrogens (tertiary/aromatic N) is 3. The number of amidine groups is 1. The molecule has 0 unspecified atom stereocenters. The van der Waals surface area contributed by atoms with Crippen molar-refractivity contribution in [2.24, 2.45) is 4.99 Å². The van der Waals surface area contributed by atoms with Crippen LogP contribution in [-0.2, 0) is 10.0 Å². The van der Waals surface area contributed by atoms with Gasteiger partial charge in [-0.2, -0.15) is 0 Å². The zero-order chi connectivity index (χ0) is 25.7. The molecule has 3 fully saturated rings. The molecule has 6 rings (SSSR count). The maximum absolute atomic E-state index is 13.9. The Morgan fingerprint density at radius 2 is 2.05 bits per heavy atom. The number of fused-ring (bicyclic) bond motifs is 1. The quantitative estimate of drug-likeness (QED) is 0.399. The third-order valence-corrected chi connectivity index (χ3v) is 9.99. The molecule has 1 aromatic heterocycles. The minimum Gasteiger partial charge on any atom is -0.388 e. The van der Waals surface area contributed by atoms with Gasteiger partial charge in [0.1, 0.15) is 11.9 Å². The molecule has 0 spiro atoms. The van der Waals surface area contributed by atoms with Gasteiger partial charge < -0.3 is 15.6 Å². The predicted molar refractivity (Wildman–Crippen MR) is 143 cm³/mol.